The number of fused-ring (bicyclic) bond motifs is 6. The maximum atomic E-state index is 2.39. The van der Waals surface area contributed by atoms with Gasteiger partial charge in [-0.2, -0.15) is 0 Å². The normalized spacial score (nSPS) is 12.4. The Balaban J connectivity index is 0.948. The summed E-state index contributed by atoms with van der Waals surface area (Å²) in [6.07, 6.45) is 0.992. The van der Waals surface area contributed by atoms with Crippen LogP contribution in [-0.4, -0.2) is 4.57 Å². The molecule has 1 heteroatoms. The fourth-order valence-electron chi connectivity index (χ4n) is 9.55. The van der Waals surface area contributed by atoms with E-state index in [1.54, 1.807) is 0 Å². The molecule has 0 unspecified atom stereocenters. The number of para-hydroxylation sites is 2. The summed E-state index contributed by atoms with van der Waals surface area (Å²) in [5, 5.41) is 10.4. The molecule has 0 saturated heterocycles. The van der Waals surface area contributed by atoms with Gasteiger partial charge in [-0.05, 0) is 119 Å². The molecule has 1 aromatic heterocycles. The molecular weight excluding hydrogens is 651 g/mol. The Morgan fingerprint density at radius 3 is 1.43 bits per heavy atom. The van der Waals surface area contributed by atoms with Gasteiger partial charge in [0.05, 0.1) is 11.0 Å². The van der Waals surface area contributed by atoms with Crippen LogP contribution < -0.4 is 0 Å². The molecule has 0 spiro atoms. The minimum absolute atomic E-state index is 0.992. The first-order valence-electron chi connectivity index (χ1n) is 18.9. The van der Waals surface area contributed by atoms with E-state index in [4.69, 9.17) is 0 Å². The van der Waals surface area contributed by atoms with Crippen molar-refractivity contribution in [3.63, 3.8) is 0 Å². The van der Waals surface area contributed by atoms with Gasteiger partial charge in [-0.1, -0.05) is 164 Å². The van der Waals surface area contributed by atoms with Crippen molar-refractivity contribution in [3.8, 4) is 50.2 Å². The van der Waals surface area contributed by atoms with Crippen LogP contribution in [0.3, 0.4) is 0 Å². The van der Waals surface area contributed by atoms with Gasteiger partial charge in [0.25, 0.3) is 0 Å². The van der Waals surface area contributed by atoms with E-state index >= 15 is 0 Å². The Bertz CT molecular complexity index is 3220. The molecule has 1 heterocycles. The third-order valence-corrected chi connectivity index (χ3v) is 12.0. The molecule has 0 bridgehead atoms. The predicted molar refractivity (Wildman–Crippen MR) is 229 cm³/mol. The number of aromatic nitrogens is 1. The zero-order valence-electron chi connectivity index (χ0n) is 29.6. The van der Waals surface area contributed by atoms with E-state index in [2.05, 4.69) is 193 Å². The molecule has 12 rings (SSSR count). The maximum absolute atomic E-state index is 2.39. The van der Waals surface area contributed by atoms with Crippen LogP contribution in [-0.2, 0) is 6.42 Å². The lowest BCUT2D eigenvalue weighted by Gasteiger charge is -2.17. The van der Waals surface area contributed by atoms with Gasteiger partial charge in [-0.15, -0.1) is 0 Å². The Morgan fingerprint density at radius 2 is 0.796 bits per heavy atom. The second kappa shape index (κ2) is 11.3. The average Bonchev–Trinajstić information content (AvgIpc) is 3.79. The summed E-state index contributed by atoms with van der Waals surface area (Å²) in [6, 6.07) is 69.9. The van der Waals surface area contributed by atoms with Gasteiger partial charge in [0, 0.05) is 16.5 Å². The van der Waals surface area contributed by atoms with E-state index in [-0.39, 0.29) is 0 Å². The minimum Gasteiger partial charge on any atom is -0.309 e. The van der Waals surface area contributed by atoms with Crippen molar-refractivity contribution in [2.45, 2.75) is 6.42 Å². The molecule has 11 aromatic rings. The highest BCUT2D eigenvalue weighted by atomic mass is 15.0. The fourth-order valence-corrected chi connectivity index (χ4v) is 9.55. The molecule has 0 amide bonds. The molecule has 1 aliphatic rings. The van der Waals surface area contributed by atoms with Gasteiger partial charge in [0.2, 0.25) is 0 Å². The molecule has 0 saturated carbocycles. The van der Waals surface area contributed by atoms with E-state index in [1.165, 1.54) is 115 Å². The van der Waals surface area contributed by atoms with E-state index in [0.29, 0.717) is 0 Å². The van der Waals surface area contributed by atoms with Crippen molar-refractivity contribution in [1.29, 1.82) is 0 Å². The summed E-state index contributed by atoms with van der Waals surface area (Å²) in [4.78, 5) is 0. The maximum Gasteiger partial charge on any atom is 0.0541 e. The summed E-state index contributed by atoms with van der Waals surface area (Å²) in [6.45, 7) is 0. The predicted octanol–water partition coefficient (Wildman–Crippen LogP) is 14.3. The lowest BCUT2D eigenvalue weighted by molar-refractivity contribution is 1.18. The highest BCUT2D eigenvalue weighted by molar-refractivity contribution is 6.27. The van der Waals surface area contributed by atoms with Crippen LogP contribution in [0.5, 0.6) is 0 Å². The lowest BCUT2D eigenvalue weighted by atomic mass is 9.87. The lowest BCUT2D eigenvalue weighted by Crippen LogP contribution is -1.94. The highest BCUT2D eigenvalue weighted by Crippen LogP contribution is 2.44. The molecule has 250 valence electrons. The average molecular weight is 684 g/mol. The molecule has 1 nitrogen and oxygen atoms in total. The molecule has 0 radical (unpaired) electrons. The molecule has 10 aromatic carbocycles. The van der Waals surface area contributed by atoms with E-state index in [0.717, 1.165) is 6.42 Å². The van der Waals surface area contributed by atoms with E-state index in [1.807, 2.05) is 0 Å². The number of nitrogens with zero attached hydrogens (tertiary/aromatic N) is 1. The van der Waals surface area contributed by atoms with Crippen molar-refractivity contribution in [1.82, 2.24) is 4.57 Å². The van der Waals surface area contributed by atoms with Gasteiger partial charge < -0.3 is 4.57 Å². The molecule has 0 N–H and O–H groups in total. The monoisotopic (exact) mass is 683 g/mol. The molecule has 0 aliphatic heterocycles. The SMILES string of the molecule is c1ccc2c(c1)Cc1c(-c3ccc(-c4ccc5ccc6c(-c7ccc(-n8c9ccccc9c9ccccc98)cc7)ccc7ccc4c5c76)cc3)cccc1-2. The van der Waals surface area contributed by atoms with Gasteiger partial charge in [-0.25, -0.2) is 0 Å². The van der Waals surface area contributed by atoms with Gasteiger partial charge in [0.1, 0.15) is 0 Å². The Kier molecular flexibility index (Phi) is 6.18. The van der Waals surface area contributed by atoms with Crippen LogP contribution in [0.15, 0.2) is 188 Å². The van der Waals surface area contributed by atoms with Gasteiger partial charge >= 0.3 is 0 Å². The number of hydrogen-bond acceptors (Lipinski definition) is 0. The molecule has 1 aliphatic carbocycles. The first kappa shape index (κ1) is 29.6. The van der Waals surface area contributed by atoms with Crippen molar-refractivity contribution < 1.29 is 0 Å². The van der Waals surface area contributed by atoms with Gasteiger partial charge in [0.15, 0.2) is 0 Å². The fraction of sp³-hybridized carbons (Fsp3) is 0.0189. The van der Waals surface area contributed by atoms with E-state index < -0.39 is 0 Å². The zero-order chi connectivity index (χ0) is 35.3. The molecular formula is C53H33N. The number of benzene rings is 10. The highest BCUT2D eigenvalue weighted by Gasteiger charge is 2.21. The first-order valence-corrected chi connectivity index (χ1v) is 18.9. The van der Waals surface area contributed by atoms with Crippen LogP contribution in [0.4, 0.5) is 0 Å². The third-order valence-electron chi connectivity index (χ3n) is 12.0. The third kappa shape index (κ3) is 4.21. The Hall–Kier alpha value is -6.96. The molecule has 54 heavy (non-hydrogen) atoms. The summed E-state index contributed by atoms with van der Waals surface area (Å²) >= 11 is 0. The second-order valence-corrected chi connectivity index (χ2v) is 14.8. The van der Waals surface area contributed by atoms with Crippen molar-refractivity contribution in [3.05, 3.63) is 199 Å². The van der Waals surface area contributed by atoms with Crippen molar-refractivity contribution >= 4 is 54.1 Å². The largest absolute Gasteiger partial charge is 0.309 e. The van der Waals surface area contributed by atoms with Crippen LogP contribution in [0.2, 0.25) is 0 Å². The molecule has 0 fully saturated rings. The van der Waals surface area contributed by atoms with Crippen LogP contribution >= 0.6 is 0 Å². The van der Waals surface area contributed by atoms with Crippen LogP contribution in [0.25, 0.3) is 104 Å². The Labute approximate surface area is 313 Å². The quantitative estimate of drug-likeness (QED) is 0.163. The summed E-state index contributed by atoms with van der Waals surface area (Å²) in [7, 11) is 0. The first-order chi connectivity index (χ1) is 26.8. The van der Waals surface area contributed by atoms with Crippen molar-refractivity contribution in [2.75, 3.05) is 0 Å². The zero-order valence-corrected chi connectivity index (χ0v) is 29.6. The van der Waals surface area contributed by atoms with Gasteiger partial charge in [-0.3, -0.25) is 0 Å². The smallest absolute Gasteiger partial charge is 0.0541 e. The van der Waals surface area contributed by atoms with Crippen LogP contribution in [0.1, 0.15) is 11.1 Å². The molecule has 0 atom stereocenters. The number of rotatable bonds is 4. The summed E-state index contributed by atoms with van der Waals surface area (Å²) in [5.74, 6) is 0. The summed E-state index contributed by atoms with van der Waals surface area (Å²) in [5.41, 5.74) is 16.9. The number of hydrogen-bond donors (Lipinski definition) is 0. The van der Waals surface area contributed by atoms with Crippen LogP contribution in [0, 0.1) is 0 Å². The van der Waals surface area contributed by atoms with Crippen molar-refractivity contribution in [2.24, 2.45) is 0 Å². The second-order valence-electron chi connectivity index (χ2n) is 14.8. The summed E-state index contributed by atoms with van der Waals surface area (Å²) < 4.78 is 2.39. The minimum atomic E-state index is 0.992. The Morgan fingerprint density at radius 1 is 0.315 bits per heavy atom. The standard InChI is InChI=1S/C53H33N/c1-2-9-41-38(8-1)32-49-40(12-7-13-44(41)49)33-16-18-34(19-17-33)42-28-22-36-25-31-48-43(29-23-37-24-30-47(42)52(36)53(37)48)35-20-26-39(27-21-35)54-50-14-5-3-10-45(50)46-11-4-6-15-51(46)54/h1-31H,32H2. The van der Waals surface area contributed by atoms with E-state index in [9.17, 15) is 0 Å². The topological polar surface area (TPSA) is 4.93 Å².